The first-order valence-corrected chi connectivity index (χ1v) is 6.25. The Labute approximate surface area is 83.9 Å². The van der Waals surface area contributed by atoms with Crippen LogP contribution < -0.4 is 4.72 Å². The number of carbonyl (C=O) groups is 1. The minimum atomic E-state index is -3.18. The number of carbonyl (C=O) groups excluding carboxylic acids is 1. The number of sulfonamides is 1. The van der Waals surface area contributed by atoms with Crippen molar-refractivity contribution in [1.82, 2.24) is 4.72 Å². The first-order chi connectivity index (χ1) is 6.53. The van der Waals surface area contributed by atoms with E-state index in [9.17, 15) is 13.2 Å². The van der Waals surface area contributed by atoms with Crippen molar-refractivity contribution in [3.05, 3.63) is 0 Å². The fourth-order valence-corrected chi connectivity index (χ4v) is 2.41. The molecule has 1 aliphatic carbocycles. The number of hydrogen-bond acceptors (Lipinski definition) is 4. The first kappa shape index (κ1) is 11.5. The summed E-state index contributed by atoms with van der Waals surface area (Å²) in [4.78, 5) is 10.7. The maximum atomic E-state index is 11.3. The van der Waals surface area contributed by atoms with Gasteiger partial charge in [0.15, 0.2) is 0 Å². The molecular formula is C8H15NO4S. The van der Waals surface area contributed by atoms with Crippen molar-refractivity contribution in [1.29, 1.82) is 0 Å². The fraction of sp³-hybridized carbons (Fsp3) is 0.875. The number of ether oxygens (including phenoxy) is 1. The highest BCUT2D eigenvalue weighted by molar-refractivity contribution is 7.89. The number of hydrogen-bond donors (Lipinski definition) is 1. The molecule has 1 aliphatic rings. The van der Waals surface area contributed by atoms with Gasteiger partial charge in [0.25, 0.3) is 0 Å². The van der Waals surface area contributed by atoms with Crippen LogP contribution in [0.4, 0.5) is 0 Å². The zero-order valence-electron chi connectivity index (χ0n) is 8.15. The molecule has 0 aromatic rings. The summed E-state index contributed by atoms with van der Waals surface area (Å²) < 4.78 is 29.5. The smallest absolute Gasteiger partial charge is 0.305 e. The minimum absolute atomic E-state index is 0.00139. The lowest BCUT2D eigenvalue weighted by Crippen LogP contribution is -2.28. The number of esters is 1. The molecule has 0 bridgehead atoms. The van der Waals surface area contributed by atoms with Crippen LogP contribution in [-0.2, 0) is 19.6 Å². The molecule has 0 saturated heterocycles. The van der Waals surface area contributed by atoms with Gasteiger partial charge in [0.2, 0.25) is 10.0 Å². The van der Waals surface area contributed by atoms with E-state index in [2.05, 4.69) is 9.46 Å². The van der Waals surface area contributed by atoms with Crippen molar-refractivity contribution in [2.75, 3.05) is 12.9 Å². The van der Waals surface area contributed by atoms with Crippen molar-refractivity contribution >= 4 is 16.0 Å². The highest BCUT2D eigenvalue weighted by Crippen LogP contribution is 2.19. The molecule has 6 heteroatoms. The first-order valence-electron chi connectivity index (χ1n) is 4.60. The molecule has 82 valence electrons. The lowest BCUT2D eigenvalue weighted by atomic mass is 10.3. The van der Waals surface area contributed by atoms with Crippen LogP contribution in [0.3, 0.4) is 0 Å². The highest BCUT2D eigenvalue weighted by atomic mass is 32.2. The Morgan fingerprint density at radius 2 is 2.14 bits per heavy atom. The van der Waals surface area contributed by atoms with Gasteiger partial charge in [-0.1, -0.05) is 0 Å². The van der Waals surface area contributed by atoms with E-state index in [1.54, 1.807) is 0 Å². The quantitative estimate of drug-likeness (QED) is 0.642. The summed E-state index contributed by atoms with van der Waals surface area (Å²) in [7, 11) is -1.89. The van der Waals surface area contributed by atoms with Gasteiger partial charge < -0.3 is 4.74 Å². The zero-order valence-corrected chi connectivity index (χ0v) is 8.97. The molecule has 5 nitrogen and oxygen atoms in total. The van der Waals surface area contributed by atoms with E-state index >= 15 is 0 Å². The van der Waals surface area contributed by atoms with Crippen LogP contribution >= 0.6 is 0 Å². The molecule has 0 atom stereocenters. The molecule has 0 spiro atoms. The number of methoxy groups -OCH3 is 1. The zero-order chi connectivity index (χ0) is 10.6. The predicted octanol–water partition coefficient (Wildman–Crippen LogP) is 0.0214. The van der Waals surface area contributed by atoms with Crippen LogP contribution in [0.2, 0.25) is 0 Å². The summed E-state index contributed by atoms with van der Waals surface area (Å²) >= 11 is 0. The van der Waals surface area contributed by atoms with E-state index in [1.807, 2.05) is 0 Å². The average molecular weight is 221 g/mol. The second-order valence-electron chi connectivity index (χ2n) is 3.39. The van der Waals surface area contributed by atoms with Crippen LogP contribution in [0.1, 0.15) is 25.7 Å². The van der Waals surface area contributed by atoms with E-state index in [-0.39, 0.29) is 24.2 Å². The second kappa shape index (κ2) is 4.75. The predicted molar refractivity (Wildman–Crippen MR) is 51.2 cm³/mol. The summed E-state index contributed by atoms with van der Waals surface area (Å²) in [6, 6.07) is 0.137. The van der Waals surface area contributed by atoms with E-state index in [0.717, 1.165) is 12.8 Å². The highest BCUT2D eigenvalue weighted by Gasteiger charge is 2.26. The molecule has 14 heavy (non-hydrogen) atoms. The van der Waals surface area contributed by atoms with Crippen molar-refractivity contribution in [3.8, 4) is 0 Å². The largest absolute Gasteiger partial charge is 0.469 e. The Morgan fingerprint density at radius 3 is 2.64 bits per heavy atom. The van der Waals surface area contributed by atoms with Crippen LogP contribution in [0.15, 0.2) is 0 Å². The van der Waals surface area contributed by atoms with Gasteiger partial charge in [-0.05, 0) is 19.3 Å². The maximum absolute atomic E-state index is 11.3. The third kappa shape index (κ3) is 4.57. The van der Waals surface area contributed by atoms with E-state index in [0.29, 0.717) is 6.42 Å². The van der Waals surface area contributed by atoms with Crippen molar-refractivity contribution in [3.63, 3.8) is 0 Å². The van der Waals surface area contributed by atoms with Gasteiger partial charge in [-0.2, -0.15) is 0 Å². The Morgan fingerprint density at radius 1 is 1.50 bits per heavy atom. The molecule has 1 rings (SSSR count). The SMILES string of the molecule is COC(=O)CCCS(=O)(=O)NC1CC1. The average Bonchev–Trinajstić information content (AvgIpc) is 2.86. The molecule has 0 aliphatic heterocycles. The fourth-order valence-electron chi connectivity index (χ4n) is 1.02. The molecular weight excluding hydrogens is 206 g/mol. The lowest BCUT2D eigenvalue weighted by molar-refractivity contribution is -0.140. The topological polar surface area (TPSA) is 72.5 Å². The Hall–Kier alpha value is -0.620. The van der Waals surface area contributed by atoms with Crippen molar-refractivity contribution < 1.29 is 17.9 Å². The van der Waals surface area contributed by atoms with Crippen LogP contribution in [-0.4, -0.2) is 33.3 Å². The maximum Gasteiger partial charge on any atom is 0.305 e. The molecule has 0 radical (unpaired) electrons. The Balaban J connectivity index is 2.18. The van der Waals surface area contributed by atoms with Crippen LogP contribution in [0.5, 0.6) is 0 Å². The Kier molecular flexibility index (Phi) is 3.88. The van der Waals surface area contributed by atoms with Crippen molar-refractivity contribution in [2.24, 2.45) is 0 Å². The number of nitrogens with one attached hydrogen (secondary N) is 1. The van der Waals surface area contributed by atoms with Gasteiger partial charge >= 0.3 is 5.97 Å². The molecule has 1 fully saturated rings. The van der Waals surface area contributed by atoms with Gasteiger partial charge in [0, 0.05) is 12.5 Å². The molecule has 0 unspecified atom stereocenters. The van der Waals surface area contributed by atoms with E-state index < -0.39 is 10.0 Å². The normalized spacial score (nSPS) is 16.6. The summed E-state index contributed by atoms with van der Waals surface area (Å²) in [5.41, 5.74) is 0. The molecule has 0 aromatic heterocycles. The molecule has 0 aromatic carbocycles. The van der Waals surface area contributed by atoms with Gasteiger partial charge in [-0.15, -0.1) is 0 Å². The monoisotopic (exact) mass is 221 g/mol. The molecule has 1 saturated carbocycles. The molecule has 1 N–H and O–H groups in total. The van der Waals surface area contributed by atoms with Gasteiger partial charge in [-0.25, -0.2) is 13.1 Å². The second-order valence-corrected chi connectivity index (χ2v) is 5.26. The summed E-state index contributed by atoms with van der Waals surface area (Å²) in [6.45, 7) is 0. The van der Waals surface area contributed by atoms with Crippen LogP contribution in [0.25, 0.3) is 0 Å². The third-order valence-corrected chi connectivity index (χ3v) is 3.46. The van der Waals surface area contributed by atoms with Gasteiger partial charge in [0.1, 0.15) is 0 Å². The van der Waals surface area contributed by atoms with Crippen molar-refractivity contribution in [2.45, 2.75) is 31.7 Å². The minimum Gasteiger partial charge on any atom is -0.469 e. The van der Waals surface area contributed by atoms with Gasteiger partial charge in [0.05, 0.1) is 12.9 Å². The summed E-state index contributed by atoms with van der Waals surface area (Å²) in [5.74, 6) is -0.370. The third-order valence-electron chi connectivity index (χ3n) is 1.95. The molecule has 0 heterocycles. The number of rotatable bonds is 6. The lowest BCUT2D eigenvalue weighted by Gasteiger charge is -2.04. The van der Waals surface area contributed by atoms with E-state index in [1.165, 1.54) is 7.11 Å². The Bertz CT molecular complexity index is 294. The van der Waals surface area contributed by atoms with Gasteiger partial charge in [-0.3, -0.25) is 4.79 Å². The van der Waals surface area contributed by atoms with Crippen LogP contribution in [0, 0.1) is 0 Å². The standard InChI is InChI=1S/C8H15NO4S/c1-13-8(10)3-2-6-14(11,12)9-7-4-5-7/h7,9H,2-6H2,1H3. The summed E-state index contributed by atoms with van der Waals surface area (Å²) in [6.07, 6.45) is 2.32. The molecule has 0 amide bonds. The summed E-state index contributed by atoms with van der Waals surface area (Å²) in [5, 5.41) is 0. The van der Waals surface area contributed by atoms with E-state index in [4.69, 9.17) is 0 Å².